The number of nitrogens with zero attached hydrogens (tertiary/aromatic N) is 1. The molecule has 120 valence electrons. The Balaban J connectivity index is 2.16. The summed E-state index contributed by atoms with van der Waals surface area (Å²) < 4.78 is 0. The molecule has 1 fully saturated rings. The van der Waals surface area contributed by atoms with Gasteiger partial charge in [0, 0.05) is 18.2 Å². The van der Waals surface area contributed by atoms with E-state index in [4.69, 9.17) is 5.11 Å². The van der Waals surface area contributed by atoms with Crippen LogP contribution in [0.1, 0.15) is 60.9 Å². The third-order valence-corrected chi connectivity index (χ3v) is 4.39. The summed E-state index contributed by atoms with van der Waals surface area (Å²) in [5, 5.41) is 8.97. The van der Waals surface area contributed by atoms with Crippen LogP contribution in [0.2, 0.25) is 0 Å². The smallest absolute Gasteiger partial charge is 0.305 e. The van der Waals surface area contributed by atoms with Crippen molar-refractivity contribution in [2.24, 2.45) is 0 Å². The van der Waals surface area contributed by atoms with Crippen molar-refractivity contribution in [3.63, 3.8) is 0 Å². The third kappa shape index (κ3) is 4.58. The second-order valence-electron chi connectivity index (χ2n) is 6.15. The number of carboxylic acid groups (broad SMARTS) is 1. The minimum atomic E-state index is -0.852. The quantitative estimate of drug-likeness (QED) is 0.845. The number of amides is 1. The lowest BCUT2D eigenvalue weighted by Gasteiger charge is -2.31. The molecule has 0 bridgehead atoms. The predicted molar refractivity (Wildman–Crippen MR) is 86.0 cm³/mol. The summed E-state index contributed by atoms with van der Waals surface area (Å²) in [4.78, 5) is 25.5. The molecule has 1 aromatic rings. The largest absolute Gasteiger partial charge is 0.481 e. The second kappa shape index (κ2) is 7.97. The van der Waals surface area contributed by atoms with Gasteiger partial charge in [0.1, 0.15) is 0 Å². The Hall–Kier alpha value is -1.84. The van der Waals surface area contributed by atoms with E-state index in [9.17, 15) is 9.59 Å². The maximum Gasteiger partial charge on any atom is 0.305 e. The molecule has 0 aromatic heterocycles. The van der Waals surface area contributed by atoms with Crippen LogP contribution in [0, 0.1) is 6.92 Å². The number of aryl methyl sites for hydroxylation is 1. The Morgan fingerprint density at radius 2 is 1.68 bits per heavy atom. The molecule has 2 rings (SSSR count). The van der Waals surface area contributed by atoms with Gasteiger partial charge in [0.25, 0.3) is 5.91 Å². The summed E-state index contributed by atoms with van der Waals surface area (Å²) in [6.45, 7) is 2.29. The van der Waals surface area contributed by atoms with E-state index in [1.165, 1.54) is 12.8 Å². The van der Waals surface area contributed by atoms with Crippen LogP contribution < -0.4 is 0 Å². The average Bonchev–Trinajstić information content (AvgIpc) is 2.77. The van der Waals surface area contributed by atoms with Gasteiger partial charge < -0.3 is 10.0 Å². The number of hydrogen-bond donors (Lipinski definition) is 1. The Kier molecular flexibility index (Phi) is 5.99. The molecule has 1 saturated carbocycles. The van der Waals surface area contributed by atoms with Crippen molar-refractivity contribution in [1.82, 2.24) is 4.90 Å². The maximum absolute atomic E-state index is 12.8. The fourth-order valence-electron chi connectivity index (χ4n) is 3.10. The molecule has 22 heavy (non-hydrogen) atoms. The van der Waals surface area contributed by atoms with Crippen LogP contribution in [0.4, 0.5) is 0 Å². The van der Waals surface area contributed by atoms with Crippen LogP contribution in [0.15, 0.2) is 24.3 Å². The molecule has 0 heterocycles. The van der Waals surface area contributed by atoms with Crippen molar-refractivity contribution in [3.05, 3.63) is 35.4 Å². The summed E-state index contributed by atoms with van der Waals surface area (Å²) in [7, 11) is 0. The highest BCUT2D eigenvalue weighted by Crippen LogP contribution is 2.24. The van der Waals surface area contributed by atoms with E-state index in [0.717, 1.165) is 31.2 Å². The van der Waals surface area contributed by atoms with E-state index in [0.29, 0.717) is 12.1 Å². The number of rotatable bonds is 5. The fourth-order valence-corrected chi connectivity index (χ4v) is 3.10. The molecule has 1 aliphatic carbocycles. The summed E-state index contributed by atoms with van der Waals surface area (Å²) in [5.74, 6) is -0.886. The fraction of sp³-hybridized carbons (Fsp3) is 0.556. The van der Waals surface area contributed by atoms with E-state index in [2.05, 4.69) is 0 Å². The zero-order valence-electron chi connectivity index (χ0n) is 13.3. The van der Waals surface area contributed by atoms with Gasteiger partial charge in [0.2, 0.25) is 0 Å². The SMILES string of the molecule is Cc1ccc(C(=O)N(CCC(=O)O)C2CCCCCC2)cc1. The Labute approximate surface area is 132 Å². The first-order chi connectivity index (χ1) is 10.6. The van der Waals surface area contributed by atoms with E-state index < -0.39 is 5.97 Å². The first-order valence-corrected chi connectivity index (χ1v) is 8.17. The summed E-state index contributed by atoms with van der Waals surface area (Å²) in [6, 6.07) is 7.70. The lowest BCUT2D eigenvalue weighted by molar-refractivity contribution is -0.137. The molecule has 4 heteroatoms. The van der Waals surface area contributed by atoms with Crippen molar-refractivity contribution in [1.29, 1.82) is 0 Å². The number of hydrogen-bond acceptors (Lipinski definition) is 2. The van der Waals surface area contributed by atoms with Crippen LogP contribution in [0.5, 0.6) is 0 Å². The molecule has 1 aromatic carbocycles. The number of aliphatic carboxylic acids is 1. The third-order valence-electron chi connectivity index (χ3n) is 4.39. The van der Waals surface area contributed by atoms with Crippen LogP contribution >= 0.6 is 0 Å². The lowest BCUT2D eigenvalue weighted by Crippen LogP contribution is -2.41. The minimum absolute atomic E-state index is 0.00804. The molecule has 0 unspecified atom stereocenters. The van der Waals surface area contributed by atoms with Crippen molar-refractivity contribution in [2.75, 3.05) is 6.54 Å². The Morgan fingerprint density at radius 1 is 1.09 bits per heavy atom. The number of carbonyl (C=O) groups is 2. The van der Waals surface area contributed by atoms with Crippen LogP contribution in [0.3, 0.4) is 0 Å². The first kappa shape index (κ1) is 16.5. The van der Waals surface area contributed by atoms with E-state index in [-0.39, 0.29) is 18.4 Å². The van der Waals surface area contributed by atoms with E-state index >= 15 is 0 Å². The van der Waals surface area contributed by atoms with E-state index in [1.54, 1.807) is 4.90 Å². The van der Waals surface area contributed by atoms with Gasteiger partial charge in [-0.2, -0.15) is 0 Å². The van der Waals surface area contributed by atoms with Crippen LogP contribution in [0.25, 0.3) is 0 Å². The molecule has 0 aliphatic heterocycles. The molecule has 1 N–H and O–H groups in total. The summed E-state index contributed by atoms with van der Waals surface area (Å²) >= 11 is 0. The van der Waals surface area contributed by atoms with Crippen molar-refractivity contribution >= 4 is 11.9 Å². The monoisotopic (exact) mass is 303 g/mol. The van der Waals surface area contributed by atoms with Gasteiger partial charge >= 0.3 is 5.97 Å². The molecule has 0 radical (unpaired) electrons. The molecule has 4 nitrogen and oxygen atoms in total. The molecule has 1 aliphatic rings. The lowest BCUT2D eigenvalue weighted by atomic mass is 10.0. The number of carboxylic acids is 1. The molecular weight excluding hydrogens is 278 g/mol. The topological polar surface area (TPSA) is 57.6 Å². The highest BCUT2D eigenvalue weighted by Gasteiger charge is 2.25. The molecular formula is C18H25NO3. The zero-order valence-corrected chi connectivity index (χ0v) is 13.3. The van der Waals surface area contributed by atoms with Gasteiger partial charge in [-0.25, -0.2) is 0 Å². The van der Waals surface area contributed by atoms with Crippen molar-refractivity contribution < 1.29 is 14.7 Å². The highest BCUT2D eigenvalue weighted by atomic mass is 16.4. The van der Waals surface area contributed by atoms with Crippen LogP contribution in [-0.4, -0.2) is 34.5 Å². The molecule has 0 saturated heterocycles. The Bertz CT molecular complexity index is 502. The summed E-state index contributed by atoms with van der Waals surface area (Å²) in [5.41, 5.74) is 1.77. The van der Waals surface area contributed by atoms with Gasteiger partial charge in [-0.3, -0.25) is 9.59 Å². The molecule has 0 spiro atoms. The van der Waals surface area contributed by atoms with Crippen molar-refractivity contribution in [2.45, 2.75) is 57.9 Å². The van der Waals surface area contributed by atoms with E-state index in [1.807, 2.05) is 31.2 Å². The van der Waals surface area contributed by atoms with Gasteiger partial charge in [-0.1, -0.05) is 43.4 Å². The minimum Gasteiger partial charge on any atom is -0.481 e. The molecule has 0 atom stereocenters. The Morgan fingerprint density at radius 3 is 2.23 bits per heavy atom. The van der Waals surface area contributed by atoms with Crippen LogP contribution in [-0.2, 0) is 4.79 Å². The average molecular weight is 303 g/mol. The standard InChI is InChI=1S/C18H25NO3/c1-14-8-10-15(11-9-14)18(22)19(13-12-17(20)21)16-6-4-2-3-5-7-16/h8-11,16H,2-7,12-13H2,1H3,(H,20,21). The van der Waals surface area contributed by atoms with Gasteiger partial charge in [0.05, 0.1) is 6.42 Å². The highest BCUT2D eigenvalue weighted by molar-refractivity contribution is 5.94. The van der Waals surface area contributed by atoms with Gasteiger partial charge in [-0.05, 0) is 31.9 Å². The molecule has 1 amide bonds. The second-order valence-corrected chi connectivity index (χ2v) is 6.15. The number of benzene rings is 1. The van der Waals surface area contributed by atoms with Gasteiger partial charge in [-0.15, -0.1) is 0 Å². The first-order valence-electron chi connectivity index (χ1n) is 8.17. The zero-order chi connectivity index (χ0) is 15.9. The number of carbonyl (C=O) groups excluding carboxylic acids is 1. The predicted octanol–water partition coefficient (Wildman–Crippen LogP) is 3.63. The van der Waals surface area contributed by atoms with Crippen molar-refractivity contribution in [3.8, 4) is 0 Å². The normalized spacial score (nSPS) is 16.0. The maximum atomic E-state index is 12.8. The van der Waals surface area contributed by atoms with Gasteiger partial charge in [0.15, 0.2) is 0 Å². The summed E-state index contributed by atoms with van der Waals surface area (Å²) in [6.07, 6.45) is 6.64.